The lowest BCUT2D eigenvalue weighted by Crippen LogP contribution is -2.27. The zero-order valence-corrected chi connectivity index (χ0v) is 13.5. The molecule has 1 aliphatic rings. The third-order valence-corrected chi connectivity index (χ3v) is 4.38. The normalized spacial score (nSPS) is 17.7. The van der Waals surface area contributed by atoms with E-state index >= 15 is 0 Å². The van der Waals surface area contributed by atoms with Crippen LogP contribution in [0.4, 0.5) is 0 Å². The molecule has 0 spiro atoms. The predicted octanol–water partition coefficient (Wildman–Crippen LogP) is 2.53. The molecule has 120 valence electrons. The monoisotopic (exact) mass is 309 g/mol. The third-order valence-electron chi connectivity index (χ3n) is 4.38. The van der Waals surface area contributed by atoms with Gasteiger partial charge in [-0.1, -0.05) is 36.4 Å². The number of amides is 1. The molecule has 1 unspecified atom stereocenters. The average molecular weight is 309 g/mol. The zero-order chi connectivity index (χ0) is 16.1. The number of benzene rings is 1. The number of aromatic nitrogens is 1. The second-order valence-electron chi connectivity index (χ2n) is 6.21. The molecule has 0 aliphatic carbocycles. The Morgan fingerprint density at radius 2 is 2.04 bits per heavy atom. The first kappa shape index (κ1) is 15.7. The number of rotatable bonds is 6. The molecule has 1 aliphatic heterocycles. The fraction of sp³-hybridized carbons (Fsp3) is 0.368. The van der Waals surface area contributed by atoms with Crippen LogP contribution in [-0.2, 0) is 17.9 Å². The summed E-state index contributed by atoms with van der Waals surface area (Å²) in [4.78, 5) is 18.4. The van der Waals surface area contributed by atoms with Crippen molar-refractivity contribution in [2.45, 2.75) is 26.4 Å². The van der Waals surface area contributed by atoms with E-state index in [9.17, 15) is 4.79 Å². The second kappa shape index (κ2) is 7.38. The van der Waals surface area contributed by atoms with Crippen molar-refractivity contribution in [2.75, 3.05) is 13.1 Å². The van der Waals surface area contributed by atoms with Crippen LogP contribution in [0.2, 0.25) is 0 Å². The molecule has 3 rings (SSSR count). The summed E-state index contributed by atoms with van der Waals surface area (Å²) in [5, 5.41) is 3.47. The Bertz CT molecular complexity index is 657. The molecule has 4 nitrogen and oxygen atoms in total. The average Bonchev–Trinajstić information content (AvgIpc) is 2.90. The first-order valence-electron chi connectivity index (χ1n) is 8.15. The van der Waals surface area contributed by atoms with E-state index in [1.165, 1.54) is 11.1 Å². The van der Waals surface area contributed by atoms with E-state index in [-0.39, 0.29) is 5.91 Å². The van der Waals surface area contributed by atoms with Gasteiger partial charge >= 0.3 is 0 Å². The van der Waals surface area contributed by atoms with E-state index in [0.717, 1.165) is 31.9 Å². The summed E-state index contributed by atoms with van der Waals surface area (Å²) in [5.41, 5.74) is 3.48. The van der Waals surface area contributed by atoms with Crippen molar-refractivity contribution in [3.63, 3.8) is 0 Å². The molecule has 1 amide bonds. The van der Waals surface area contributed by atoms with Crippen molar-refractivity contribution in [1.82, 2.24) is 15.2 Å². The highest BCUT2D eigenvalue weighted by Crippen LogP contribution is 2.19. The zero-order valence-electron chi connectivity index (χ0n) is 13.5. The van der Waals surface area contributed by atoms with Gasteiger partial charge in [0, 0.05) is 44.5 Å². The highest BCUT2D eigenvalue weighted by Gasteiger charge is 2.29. The number of hydrogen-bond acceptors (Lipinski definition) is 3. The Hall–Kier alpha value is -2.20. The molecule has 0 saturated carbocycles. The van der Waals surface area contributed by atoms with Crippen LogP contribution >= 0.6 is 0 Å². The molecule has 23 heavy (non-hydrogen) atoms. The van der Waals surface area contributed by atoms with E-state index in [1.54, 1.807) is 0 Å². The Kier molecular flexibility index (Phi) is 5.03. The van der Waals surface area contributed by atoms with E-state index in [2.05, 4.69) is 28.5 Å². The Morgan fingerprint density at radius 3 is 2.83 bits per heavy atom. The van der Waals surface area contributed by atoms with Gasteiger partial charge < -0.3 is 10.2 Å². The summed E-state index contributed by atoms with van der Waals surface area (Å²) >= 11 is 0. The maximum absolute atomic E-state index is 12.2. The molecular weight excluding hydrogens is 286 g/mol. The van der Waals surface area contributed by atoms with E-state index in [4.69, 9.17) is 0 Å². The van der Waals surface area contributed by atoms with Crippen LogP contribution in [0, 0.1) is 12.8 Å². The van der Waals surface area contributed by atoms with Crippen LogP contribution in [0.25, 0.3) is 0 Å². The van der Waals surface area contributed by atoms with Gasteiger partial charge in [-0.15, -0.1) is 0 Å². The molecule has 1 N–H and O–H groups in total. The maximum atomic E-state index is 12.2. The van der Waals surface area contributed by atoms with Gasteiger partial charge in [0.25, 0.3) is 0 Å². The molecular formula is C19H23N3O. The van der Waals surface area contributed by atoms with Crippen LogP contribution in [-0.4, -0.2) is 28.9 Å². The summed E-state index contributed by atoms with van der Waals surface area (Å²) in [5.74, 6) is 0.654. The summed E-state index contributed by atoms with van der Waals surface area (Å²) in [7, 11) is 0. The number of aryl methyl sites for hydroxylation is 1. The minimum atomic E-state index is 0.262. The van der Waals surface area contributed by atoms with Crippen molar-refractivity contribution >= 4 is 5.91 Å². The minimum absolute atomic E-state index is 0.262. The second-order valence-corrected chi connectivity index (χ2v) is 6.21. The van der Waals surface area contributed by atoms with E-state index in [1.807, 2.05) is 42.3 Å². The van der Waals surface area contributed by atoms with Crippen molar-refractivity contribution in [1.29, 1.82) is 0 Å². The van der Waals surface area contributed by atoms with Crippen molar-refractivity contribution in [3.05, 3.63) is 65.5 Å². The molecule has 1 saturated heterocycles. The highest BCUT2D eigenvalue weighted by molar-refractivity contribution is 5.78. The fourth-order valence-corrected chi connectivity index (χ4v) is 3.06. The molecule has 4 heteroatoms. The smallest absolute Gasteiger partial charge is 0.223 e. The van der Waals surface area contributed by atoms with E-state index < -0.39 is 0 Å². The van der Waals surface area contributed by atoms with Crippen molar-refractivity contribution in [2.24, 2.45) is 5.92 Å². The molecule has 2 heterocycles. The van der Waals surface area contributed by atoms with Crippen LogP contribution in [0.5, 0.6) is 0 Å². The number of nitrogens with zero attached hydrogens (tertiary/aromatic N) is 2. The van der Waals surface area contributed by atoms with Gasteiger partial charge in [0.1, 0.15) is 0 Å². The standard InChI is InChI=1S/C19H23N3O/c1-15-18(8-5-9-21-15)12-20-11-17-10-19(23)22(14-17)13-16-6-3-2-4-7-16/h2-9,17,20H,10-14H2,1H3. The first-order valence-corrected chi connectivity index (χ1v) is 8.15. The van der Waals surface area contributed by atoms with E-state index in [0.29, 0.717) is 12.3 Å². The molecule has 1 atom stereocenters. The first-order chi connectivity index (χ1) is 11.2. The number of likely N-dealkylation sites (tertiary alicyclic amines) is 1. The molecule has 0 radical (unpaired) electrons. The van der Waals surface area contributed by atoms with Crippen LogP contribution in [0.15, 0.2) is 48.7 Å². The van der Waals surface area contributed by atoms with Crippen molar-refractivity contribution < 1.29 is 4.79 Å². The molecule has 1 aromatic heterocycles. The van der Waals surface area contributed by atoms with Gasteiger partial charge in [0.05, 0.1) is 0 Å². The topological polar surface area (TPSA) is 45.2 Å². The fourth-order valence-electron chi connectivity index (χ4n) is 3.06. The Labute approximate surface area is 137 Å². The third kappa shape index (κ3) is 4.17. The van der Waals surface area contributed by atoms with Crippen LogP contribution < -0.4 is 5.32 Å². The van der Waals surface area contributed by atoms with Gasteiger partial charge in [-0.2, -0.15) is 0 Å². The van der Waals surface area contributed by atoms with Crippen LogP contribution in [0.1, 0.15) is 23.2 Å². The number of pyridine rings is 1. The van der Waals surface area contributed by atoms with Crippen molar-refractivity contribution in [3.8, 4) is 0 Å². The Morgan fingerprint density at radius 1 is 1.22 bits per heavy atom. The summed E-state index contributed by atoms with van der Waals surface area (Å²) in [6.45, 7) is 5.26. The minimum Gasteiger partial charge on any atom is -0.338 e. The number of hydrogen-bond donors (Lipinski definition) is 1. The predicted molar refractivity (Wildman–Crippen MR) is 90.6 cm³/mol. The summed E-state index contributed by atoms with van der Waals surface area (Å²) in [6, 6.07) is 14.2. The molecule has 2 aromatic rings. The molecule has 0 bridgehead atoms. The number of nitrogens with one attached hydrogen (secondary N) is 1. The van der Waals surface area contributed by atoms with Gasteiger partial charge in [-0.05, 0) is 30.0 Å². The maximum Gasteiger partial charge on any atom is 0.223 e. The van der Waals surface area contributed by atoms with Gasteiger partial charge in [0.2, 0.25) is 5.91 Å². The lowest BCUT2D eigenvalue weighted by Gasteiger charge is -2.17. The Balaban J connectivity index is 1.47. The quantitative estimate of drug-likeness (QED) is 0.892. The van der Waals surface area contributed by atoms with Crippen LogP contribution in [0.3, 0.4) is 0 Å². The molecule has 1 aromatic carbocycles. The summed E-state index contributed by atoms with van der Waals surface area (Å²) in [6.07, 6.45) is 2.46. The number of carbonyl (C=O) groups is 1. The highest BCUT2D eigenvalue weighted by atomic mass is 16.2. The largest absolute Gasteiger partial charge is 0.338 e. The summed E-state index contributed by atoms with van der Waals surface area (Å²) < 4.78 is 0. The van der Waals surface area contributed by atoms with Gasteiger partial charge in [-0.25, -0.2) is 0 Å². The lowest BCUT2D eigenvalue weighted by atomic mass is 10.1. The number of carbonyl (C=O) groups excluding carboxylic acids is 1. The molecule has 1 fully saturated rings. The van der Waals surface area contributed by atoms with Gasteiger partial charge in [-0.3, -0.25) is 9.78 Å². The SMILES string of the molecule is Cc1ncccc1CNCC1CC(=O)N(Cc2ccccc2)C1. The lowest BCUT2D eigenvalue weighted by molar-refractivity contribution is -0.128. The van der Waals surface area contributed by atoms with Gasteiger partial charge in [0.15, 0.2) is 0 Å².